The Balaban J connectivity index is 1.33. The Morgan fingerprint density at radius 2 is 1.96 bits per heavy atom. The van der Waals surface area contributed by atoms with Crippen molar-refractivity contribution in [3.8, 4) is 11.5 Å². The van der Waals surface area contributed by atoms with Gasteiger partial charge in [-0.25, -0.2) is 4.79 Å². The van der Waals surface area contributed by atoms with Crippen molar-refractivity contribution >= 4 is 23.1 Å². The van der Waals surface area contributed by atoms with Crippen LogP contribution in [0.3, 0.4) is 0 Å². The summed E-state index contributed by atoms with van der Waals surface area (Å²) >= 11 is 1.61. The van der Waals surface area contributed by atoms with Crippen LogP contribution in [0.25, 0.3) is 11.5 Å². The second-order valence-electron chi connectivity index (χ2n) is 6.51. The molecule has 1 aliphatic heterocycles. The molecule has 0 bridgehead atoms. The number of piperidine rings is 1. The third-order valence-electron chi connectivity index (χ3n) is 4.64. The number of benzene rings is 1. The first kappa shape index (κ1) is 16.8. The van der Waals surface area contributed by atoms with E-state index in [0.29, 0.717) is 24.9 Å². The SMILES string of the molecule is Cc1ccc(NC(=O)N2CCC(c3nnc(-c4ccsc4)o3)CC2)cc1. The molecule has 1 aromatic carbocycles. The fourth-order valence-electron chi connectivity index (χ4n) is 3.07. The van der Waals surface area contributed by atoms with Gasteiger partial charge in [0.15, 0.2) is 0 Å². The second kappa shape index (κ2) is 7.29. The highest BCUT2D eigenvalue weighted by molar-refractivity contribution is 7.08. The van der Waals surface area contributed by atoms with Crippen molar-refractivity contribution in [2.45, 2.75) is 25.7 Å². The number of aromatic nitrogens is 2. The minimum Gasteiger partial charge on any atom is -0.420 e. The molecule has 2 amide bonds. The third-order valence-corrected chi connectivity index (χ3v) is 5.33. The molecule has 0 saturated carbocycles. The molecule has 0 atom stereocenters. The van der Waals surface area contributed by atoms with E-state index in [4.69, 9.17) is 4.42 Å². The maximum atomic E-state index is 12.4. The van der Waals surface area contributed by atoms with Crippen LogP contribution in [0.4, 0.5) is 10.5 Å². The van der Waals surface area contributed by atoms with E-state index >= 15 is 0 Å². The van der Waals surface area contributed by atoms with Gasteiger partial charge < -0.3 is 14.6 Å². The van der Waals surface area contributed by atoms with E-state index in [1.165, 1.54) is 5.56 Å². The van der Waals surface area contributed by atoms with E-state index in [1.54, 1.807) is 11.3 Å². The van der Waals surface area contributed by atoms with Gasteiger partial charge in [-0.05, 0) is 43.3 Å². The van der Waals surface area contributed by atoms with Crippen LogP contribution in [0.5, 0.6) is 0 Å². The standard InChI is InChI=1S/C19H20N4O2S/c1-13-2-4-16(5-3-13)20-19(24)23-9-6-14(7-10-23)17-21-22-18(25-17)15-8-11-26-12-15/h2-5,8,11-12,14H,6-7,9-10H2,1H3,(H,20,24). The lowest BCUT2D eigenvalue weighted by Gasteiger charge is -2.30. The van der Waals surface area contributed by atoms with Gasteiger partial charge in [0.25, 0.3) is 0 Å². The Morgan fingerprint density at radius 1 is 1.19 bits per heavy atom. The van der Waals surface area contributed by atoms with Gasteiger partial charge in [0, 0.05) is 35.6 Å². The molecule has 1 aliphatic rings. The van der Waals surface area contributed by atoms with Gasteiger partial charge in [-0.15, -0.1) is 10.2 Å². The number of amides is 2. The highest BCUT2D eigenvalue weighted by Crippen LogP contribution is 2.30. The Bertz CT molecular complexity index is 865. The average Bonchev–Trinajstić information content (AvgIpc) is 3.35. The predicted octanol–water partition coefficient (Wildman–Crippen LogP) is 4.52. The first-order chi connectivity index (χ1) is 12.7. The van der Waals surface area contributed by atoms with Crippen molar-refractivity contribution < 1.29 is 9.21 Å². The Morgan fingerprint density at radius 3 is 2.65 bits per heavy atom. The van der Waals surface area contributed by atoms with Gasteiger partial charge in [0.2, 0.25) is 11.8 Å². The smallest absolute Gasteiger partial charge is 0.321 e. The molecule has 0 aliphatic carbocycles. The summed E-state index contributed by atoms with van der Waals surface area (Å²) in [7, 11) is 0. The molecule has 134 valence electrons. The van der Waals surface area contributed by atoms with Crippen LogP contribution in [0.2, 0.25) is 0 Å². The summed E-state index contributed by atoms with van der Waals surface area (Å²) in [6.45, 7) is 3.38. The summed E-state index contributed by atoms with van der Waals surface area (Å²) in [6, 6.07) is 9.73. The summed E-state index contributed by atoms with van der Waals surface area (Å²) in [5, 5.41) is 15.3. The maximum Gasteiger partial charge on any atom is 0.321 e. The van der Waals surface area contributed by atoms with Gasteiger partial charge in [0.1, 0.15) is 0 Å². The highest BCUT2D eigenvalue weighted by Gasteiger charge is 2.27. The van der Waals surface area contributed by atoms with Crippen LogP contribution >= 0.6 is 11.3 Å². The van der Waals surface area contributed by atoms with Crippen LogP contribution in [-0.2, 0) is 0 Å². The van der Waals surface area contributed by atoms with Crippen molar-refractivity contribution in [1.82, 2.24) is 15.1 Å². The van der Waals surface area contributed by atoms with Crippen LogP contribution < -0.4 is 5.32 Å². The molecule has 1 fully saturated rings. The maximum absolute atomic E-state index is 12.4. The molecule has 0 spiro atoms. The Kier molecular flexibility index (Phi) is 4.71. The number of rotatable bonds is 3. The number of hydrogen-bond donors (Lipinski definition) is 1. The van der Waals surface area contributed by atoms with Gasteiger partial charge in [-0.1, -0.05) is 17.7 Å². The van der Waals surface area contributed by atoms with E-state index in [2.05, 4.69) is 15.5 Å². The van der Waals surface area contributed by atoms with Crippen molar-refractivity contribution in [2.24, 2.45) is 0 Å². The molecule has 0 radical (unpaired) electrons. The van der Waals surface area contributed by atoms with Crippen molar-refractivity contribution in [1.29, 1.82) is 0 Å². The molecular weight excluding hydrogens is 348 g/mol. The fourth-order valence-corrected chi connectivity index (χ4v) is 3.70. The number of nitrogens with one attached hydrogen (secondary N) is 1. The predicted molar refractivity (Wildman–Crippen MR) is 101 cm³/mol. The van der Waals surface area contributed by atoms with Crippen LogP contribution in [0.1, 0.15) is 30.2 Å². The number of anilines is 1. The van der Waals surface area contributed by atoms with Crippen molar-refractivity contribution in [2.75, 3.05) is 18.4 Å². The minimum absolute atomic E-state index is 0.0585. The summed E-state index contributed by atoms with van der Waals surface area (Å²) in [5.41, 5.74) is 2.95. The number of urea groups is 1. The second-order valence-corrected chi connectivity index (χ2v) is 7.30. The molecule has 1 N–H and O–H groups in total. The third kappa shape index (κ3) is 3.62. The molecule has 2 aromatic heterocycles. The first-order valence-corrected chi connectivity index (χ1v) is 9.62. The van der Waals surface area contributed by atoms with Gasteiger partial charge in [-0.2, -0.15) is 11.3 Å². The number of thiophene rings is 1. The summed E-state index contributed by atoms with van der Waals surface area (Å²) in [4.78, 5) is 14.3. The monoisotopic (exact) mass is 368 g/mol. The number of likely N-dealkylation sites (tertiary alicyclic amines) is 1. The van der Waals surface area contributed by atoms with Gasteiger partial charge in [0.05, 0.1) is 0 Å². The number of nitrogens with zero attached hydrogens (tertiary/aromatic N) is 3. The topological polar surface area (TPSA) is 71.3 Å². The normalized spacial score (nSPS) is 15.2. The van der Waals surface area contributed by atoms with Crippen molar-refractivity contribution in [3.63, 3.8) is 0 Å². The minimum atomic E-state index is -0.0585. The number of aryl methyl sites for hydroxylation is 1. The molecular formula is C19H20N4O2S. The van der Waals surface area contributed by atoms with Crippen LogP contribution in [-0.4, -0.2) is 34.2 Å². The van der Waals surface area contributed by atoms with E-state index in [0.717, 1.165) is 24.1 Å². The molecule has 1 saturated heterocycles. The molecule has 7 heteroatoms. The highest BCUT2D eigenvalue weighted by atomic mass is 32.1. The van der Waals surface area contributed by atoms with E-state index < -0.39 is 0 Å². The largest absolute Gasteiger partial charge is 0.420 e. The van der Waals surface area contributed by atoms with E-state index in [1.807, 2.05) is 52.9 Å². The molecule has 4 rings (SSSR count). The van der Waals surface area contributed by atoms with E-state index in [-0.39, 0.29) is 11.9 Å². The van der Waals surface area contributed by atoms with Crippen LogP contribution in [0, 0.1) is 6.92 Å². The molecule has 26 heavy (non-hydrogen) atoms. The Hall–Kier alpha value is -2.67. The molecule has 6 nitrogen and oxygen atoms in total. The zero-order valence-corrected chi connectivity index (χ0v) is 15.3. The zero-order chi connectivity index (χ0) is 17.9. The van der Waals surface area contributed by atoms with Gasteiger partial charge in [-0.3, -0.25) is 0 Å². The molecule has 0 unspecified atom stereocenters. The number of carbonyl (C=O) groups excluding carboxylic acids is 1. The zero-order valence-electron chi connectivity index (χ0n) is 14.5. The number of carbonyl (C=O) groups is 1. The quantitative estimate of drug-likeness (QED) is 0.738. The van der Waals surface area contributed by atoms with Crippen LogP contribution in [0.15, 0.2) is 45.5 Å². The summed E-state index contributed by atoms with van der Waals surface area (Å²) in [6.07, 6.45) is 1.65. The number of hydrogen-bond acceptors (Lipinski definition) is 5. The average molecular weight is 368 g/mol. The van der Waals surface area contributed by atoms with Crippen molar-refractivity contribution in [3.05, 3.63) is 52.5 Å². The molecule has 3 heterocycles. The van der Waals surface area contributed by atoms with E-state index in [9.17, 15) is 4.79 Å². The Labute approximate surface area is 155 Å². The summed E-state index contributed by atoms with van der Waals surface area (Å²) < 4.78 is 5.84. The lowest BCUT2D eigenvalue weighted by molar-refractivity contribution is 0.190. The lowest BCUT2D eigenvalue weighted by atomic mass is 9.97. The lowest BCUT2D eigenvalue weighted by Crippen LogP contribution is -2.40. The first-order valence-electron chi connectivity index (χ1n) is 8.67. The summed E-state index contributed by atoms with van der Waals surface area (Å²) in [5.74, 6) is 1.45. The van der Waals surface area contributed by atoms with Gasteiger partial charge >= 0.3 is 6.03 Å². The fraction of sp³-hybridized carbons (Fsp3) is 0.316. The molecule has 3 aromatic rings.